The molecular weight excluding hydrogens is 330 g/mol. The molecule has 0 spiro atoms. The Balaban J connectivity index is 1.87. The van der Waals surface area contributed by atoms with Crippen molar-refractivity contribution in [2.75, 3.05) is 18.4 Å². The molecular formula is C17H24F2N4O2. The van der Waals surface area contributed by atoms with Gasteiger partial charge in [0.15, 0.2) is 0 Å². The summed E-state index contributed by atoms with van der Waals surface area (Å²) in [6, 6.07) is 5.87. The SMILES string of the molecule is NC(=O)C1CCCN(Cc2ccc(NC(=O)C(N)CC(F)F)cc2)C1. The van der Waals surface area contributed by atoms with Gasteiger partial charge in [-0.05, 0) is 37.1 Å². The van der Waals surface area contributed by atoms with Crippen molar-refractivity contribution in [3.05, 3.63) is 29.8 Å². The average Bonchev–Trinajstić information content (AvgIpc) is 2.56. The van der Waals surface area contributed by atoms with Crippen LogP contribution in [-0.2, 0) is 16.1 Å². The van der Waals surface area contributed by atoms with Gasteiger partial charge in [0.25, 0.3) is 0 Å². The summed E-state index contributed by atoms with van der Waals surface area (Å²) in [6.07, 6.45) is -1.52. The zero-order valence-corrected chi connectivity index (χ0v) is 14.0. The quantitative estimate of drug-likeness (QED) is 0.687. The van der Waals surface area contributed by atoms with Crippen LogP contribution in [-0.4, -0.2) is 42.3 Å². The molecule has 0 aromatic heterocycles. The lowest BCUT2D eigenvalue weighted by molar-refractivity contribution is -0.123. The molecule has 1 saturated heterocycles. The molecule has 1 aliphatic rings. The van der Waals surface area contributed by atoms with E-state index in [1.165, 1.54) is 0 Å². The number of halogens is 2. The van der Waals surface area contributed by atoms with Gasteiger partial charge in [-0.2, -0.15) is 0 Å². The van der Waals surface area contributed by atoms with Gasteiger partial charge >= 0.3 is 0 Å². The fourth-order valence-electron chi connectivity index (χ4n) is 2.92. The molecule has 6 nitrogen and oxygen atoms in total. The van der Waals surface area contributed by atoms with Crippen LogP contribution >= 0.6 is 0 Å². The van der Waals surface area contributed by atoms with E-state index < -0.39 is 24.8 Å². The first-order valence-corrected chi connectivity index (χ1v) is 8.30. The lowest BCUT2D eigenvalue weighted by atomic mass is 9.97. The van der Waals surface area contributed by atoms with Crippen LogP contribution in [0.1, 0.15) is 24.8 Å². The first-order chi connectivity index (χ1) is 11.8. The highest BCUT2D eigenvalue weighted by Crippen LogP contribution is 2.19. The van der Waals surface area contributed by atoms with E-state index in [1.54, 1.807) is 12.1 Å². The van der Waals surface area contributed by atoms with Gasteiger partial charge in [0, 0.05) is 25.2 Å². The topological polar surface area (TPSA) is 101 Å². The summed E-state index contributed by atoms with van der Waals surface area (Å²) in [5, 5.41) is 2.53. The van der Waals surface area contributed by atoms with E-state index in [2.05, 4.69) is 10.2 Å². The maximum Gasteiger partial charge on any atom is 0.241 e. The lowest BCUT2D eigenvalue weighted by Crippen LogP contribution is -2.40. The standard InChI is InChI=1S/C17H24F2N4O2/c18-15(19)8-14(20)17(25)22-13-5-3-11(4-6-13)9-23-7-1-2-12(10-23)16(21)24/h3-6,12,14-15H,1-2,7-10,20H2,(H2,21,24)(H,22,25). The Morgan fingerprint density at radius 2 is 1.96 bits per heavy atom. The molecule has 2 rings (SSSR count). The van der Waals surface area contributed by atoms with Crippen molar-refractivity contribution in [2.24, 2.45) is 17.4 Å². The number of primary amides is 1. The molecule has 0 radical (unpaired) electrons. The van der Waals surface area contributed by atoms with Crippen molar-refractivity contribution in [3.63, 3.8) is 0 Å². The number of amides is 2. The van der Waals surface area contributed by atoms with E-state index >= 15 is 0 Å². The lowest BCUT2D eigenvalue weighted by Gasteiger charge is -2.31. The van der Waals surface area contributed by atoms with Crippen molar-refractivity contribution in [2.45, 2.75) is 38.3 Å². The summed E-state index contributed by atoms with van der Waals surface area (Å²) in [5.74, 6) is -1.00. The van der Waals surface area contributed by atoms with Crippen molar-refractivity contribution < 1.29 is 18.4 Å². The molecule has 5 N–H and O–H groups in total. The van der Waals surface area contributed by atoms with Gasteiger partial charge in [-0.15, -0.1) is 0 Å². The number of nitrogens with one attached hydrogen (secondary N) is 1. The minimum absolute atomic E-state index is 0.108. The third-order valence-corrected chi connectivity index (χ3v) is 4.30. The highest BCUT2D eigenvalue weighted by atomic mass is 19.3. The fourth-order valence-corrected chi connectivity index (χ4v) is 2.92. The van der Waals surface area contributed by atoms with E-state index in [4.69, 9.17) is 11.5 Å². The van der Waals surface area contributed by atoms with Gasteiger partial charge in [-0.1, -0.05) is 12.1 Å². The van der Waals surface area contributed by atoms with Crippen molar-refractivity contribution in [1.29, 1.82) is 0 Å². The van der Waals surface area contributed by atoms with Crippen LogP contribution < -0.4 is 16.8 Å². The molecule has 1 aliphatic heterocycles. The van der Waals surface area contributed by atoms with Crippen molar-refractivity contribution >= 4 is 17.5 Å². The van der Waals surface area contributed by atoms with E-state index in [9.17, 15) is 18.4 Å². The molecule has 0 bridgehead atoms. The van der Waals surface area contributed by atoms with E-state index in [0.717, 1.165) is 24.9 Å². The van der Waals surface area contributed by atoms with Crippen LogP contribution in [0, 0.1) is 5.92 Å². The Kier molecular flexibility index (Phi) is 6.83. The van der Waals surface area contributed by atoms with Crippen molar-refractivity contribution in [3.8, 4) is 0 Å². The van der Waals surface area contributed by atoms with Crippen LogP contribution in [0.2, 0.25) is 0 Å². The summed E-state index contributed by atoms with van der Waals surface area (Å²) < 4.78 is 24.5. The average molecular weight is 354 g/mol. The summed E-state index contributed by atoms with van der Waals surface area (Å²) in [7, 11) is 0. The molecule has 1 aromatic rings. The smallest absolute Gasteiger partial charge is 0.241 e. The zero-order chi connectivity index (χ0) is 18.4. The second-order valence-electron chi connectivity index (χ2n) is 6.40. The second kappa shape index (κ2) is 8.87. The van der Waals surface area contributed by atoms with Gasteiger partial charge < -0.3 is 16.8 Å². The highest BCUT2D eigenvalue weighted by molar-refractivity contribution is 5.94. The summed E-state index contributed by atoms with van der Waals surface area (Å²) in [5.41, 5.74) is 12.3. The first-order valence-electron chi connectivity index (χ1n) is 8.30. The largest absolute Gasteiger partial charge is 0.369 e. The number of carbonyl (C=O) groups is 2. The number of nitrogens with zero attached hydrogens (tertiary/aromatic N) is 1. The molecule has 25 heavy (non-hydrogen) atoms. The Morgan fingerprint density at radius 3 is 2.56 bits per heavy atom. The minimum Gasteiger partial charge on any atom is -0.369 e. The number of anilines is 1. The number of benzene rings is 1. The molecule has 2 unspecified atom stereocenters. The van der Waals surface area contributed by atoms with Gasteiger partial charge in [-0.3, -0.25) is 14.5 Å². The van der Waals surface area contributed by atoms with Crippen LogP contribution in [0.4, 0.5) is 14.5 Å². The monoisotopic (exact) mass is 354 g/mol. The molecule has 1 fully saturated rings. The predicted molar refractivity (Wildman–Crippen MR) is 90.9 cm³/mol. The van der Waals surface area contributed by atoms with E-state index in [1.807, 2.05) is 12.1 Å². The number of carbonyl (C=O) groups excluding carboxylic acids is 2. The second-order valence-corrected chi connectivity index (χ2v) is 6.40. The maximum absolute atomic E-state index is 12.2. The summed E-state index contributed by atoms with van der Waals surface area (Å²) in [4.78, 5) is 25.2. The molecule has 0 saturated carbocycles. The van der Waals surface area contributed by atoms with Crippen molar-refractivity contribution in [1.82, 2.24) is 4.90 Å². The van der Waals surface area contributed by atoms with Gasteiger partial charge in [-0.25, -0.2) is 8.78 Å². The minimum atomic E-state index is -2.61. The molecule has 2 amide bonds. The summed E-state index contributed by atoms with van der Waals surface area (Å²) in [6.45, 7) is 2.24. The molecule has 0 aliphatic carbocycles. The zero-order valence-electron chi connectivity index (χ0n) is 14.0. The molecule has 138 valence electrons. The van der Waals surface area contributed by atoms with E-state index in [0.29, 0.717) is 18.8 Å². The third kappa shape index (κ3) is 6.06. The normalized spacial score (nSPS) is 19.6. The Morgan fingerprint density at radius 1 is 1.28 bits per heavy atom. The number of likely N-dealkylation sites (tertiary alicyclic amines) is 1. The number of piperidine rings is 1. The molecule has 1 aromatic carbocycles. The highest BCUT2D eigenvalue weighted by Gasteiger charge is 2.24. The van der Waals surface area contributed by atoms with E-state index in [-0.39, 0.29) is 11.8 Å². The third-order valence-electron chi connectivity index (χ3n) is 4.30. The van der Waals surface area contributed by atoms with Gasteiger partial charge in [0.05, 0.1) is 12.0 Å². The van der Waals surface area contributed by atoms with Gasteiger partial charge in [0.1, 0.15) is 0 Å². The first kappa shape index (κ1) is 19.3. The Labute approximate surface area is 145 Å². The summed E-state index contributed by atoms with van der Waals surface area (Å²) >= 11 is 0. The molecule has 2 atom stereocenters. The van der Waals surface area contributed by atoms with Gasteiger partial charge in [0.2, 0.25) is 18.2 Å². The molecule has 1 heterocycles. The fraction of sp³-hybridized carbons (Fsp3) is 0.529. The maximum atomic E-state index is 12.2. The number of alkyl halides is 2. The van der Waals surface area contributed by atoms with Crippen LogP contribution in [0.3, 0.4) is 0 Å². The Bertz CT molecular complexity index is 595. The van der Waals surface area contributed by atoms with Crippen LogP contribution in [0.15, 0.2) is 24.3 Å². The molecule has 8 heteroatoms. The number of hydrogen-bond donors (Lipinski definition) is 3. The van der Waals surface area contributed by atoms with Crippen LogP contribution in [0.25, 0.3) is 0 Å². The predicted octanol–water partition coefficient (Wildman–Crippen LogP) is 1.30. The number of nitrogens with two attached hydrogens (primary N) is 2. The number of rotatable bonds is 7. The number of hydrogen-bond acceptors (Lipinski definition) is 4. The van der Waals surface area contributed by atoms with Crippen LogP contribution in [0.5, 0.6) is 0 Å². The Hall–Kier alpha value is -2.06.